The Labute approximate surface area is 197 Å². The Morgan fingerprint density at radius 2 is 2.00 bits per heavy atom. The molecule has 2 atom stereocenters. The Bertz CT molecular complexity index is 1420. The van der Waals surface area contributed by atoms with Gasteiger partial charge in [-0.1, -0.05) is 12.6 Å². The minimum atomic E-state index is -0.496. The van der Waals surface area contributed by atoms with Gasteiger partial charge in [0, 0.05) is 48.8 Å². The monoisotopic (exact) mass is 460 g/mol. The number of likely N-dealkylation sites (tertiary alicyclic amines) is 1. The molecule has 34 heavy (non-hydrogen) atoms. The lowest BCUT2D eigenvalue weighted by Gasteiger charge is -2.42. The maximum absolute atomic E-state index is 13.3. The van der Waals surface area contributed by atoms with Crippen LogP contribution < -0.4 is 15.9 Å². The summed E-state index contributed by atoms with van der Waals surface area (Å²) < 4.78 is 13.1. The summed E-state index contributed by atoms with van der Waals surface area (Å²) in [5, 5.41) is 0.786. The first-order valence-electron chi connectivity index (χ1n) is 11.6. The number of fused-ring (bicyclic) bond motifs is 5. The number of aromatic nitrogens is 1. The van der Waals surface area contributed by atoms with E-state index in [0.717, 1.165) is 28.6 Å². The van der Waals surface area contributed by atoms with Gasteiger partial charge in [-0.3, -0.25) is 9.59 Å². The molecule has 1 aromatic carbocycles. The molecule has 0 unspecified atom stereocenters. The van der Waals surface area contributed by atoms with Crippen LogP contribution in [0.1, 0.15) is 36.1 Å². The van der Waals surface area contributed by atoms with Crippen molar-refractivity contribution in [2.45, 2.75) is 39.2 Å². The van der Waals surface area contributed by atoms with E-state index < -0.39 is 5.63 Å². The van der Waals surface area contributed by atoms with Crippen LogP contribution in [0.2, 0.25) is 0 Å². The highest BCUT2D eigenvalue weighted by molar-refractivity contribution is 5.85. The van der Waals surface area contributed by atoms with Crippen LogP contribution in [-0.2, 0) is 17.8 Å². The van der Waals surface area contributed by atoms with Crippen LogP contribution in [0.3, 0.4) is 0 Å². The van der Waals surface area contributed by atoms with Crippen molar-refractivity contribution in [3.05, 3.63) is 86.1 Å². The molecule has 0 radical (unpaired) electrons. The summed E-state index contributed by atoms with van der Waals surface area (Å²) in [5.41, 5.74) is 2.98. The van der Waals surface area contributed by atoms with E-state index in [2.05, 4.69) is 6.58 Å². The number of carbonyl (C=O) groups excluding carboxylic acids is 1. The fraction of sp³-hybridized carbons (Fsp3) is 0.370. The zero-order chi connectivity index (χ0) is 24.0. The molecule has 1 saturated heterocycles. The molecule has 2 aromatic heterocycles. The first-order chi connectivity index (χ1) is 16.3. The molecule has 0 spiro atoms. The van der Waals surface area contributed by atoms with Crippen molar-refractivity contribution in [3.8, 4) is 5.75 Å². The normalized spacial score (nSPS) is 19.1. The first-order valence-corrected chi connectivity index (χ1v) is 11.6. The molecule has 7 heteroatoms. The topological polar surface area (TPSA) is 81.8 Å². The molecule has 4 heterocycles. The maximum Gasteiger partial charge on any atom is 0.340 e. The Morgan fingerprint density at radius 3 is 2.79 bits per heavy atom. The summed E-state index contributed by atoms with van der Waals surface area (Å²) in [6.07, 6.45) is 0.971. The molecular weight excluding hydrogens is 432 g/mol. The molecule has 2 bridgehead atoms. The van der Waals surface area contributed by atoms with Crippen molar-refractivity contribution in [1.29, 1.82) is 0 Å². The predicted octanol–water partition coefficient (Wildman–Crippen LogP) is 3.41. The number of piperidine rings is 1. The van der Waals surface area contributed by atoms with Crippen LogP contribution in [0.4, 0.5) is 0 Å². The molecule has 0 saturated carbocycles. The maximum atomic E-state index is 13.3. The average Bonchev–Trinajstić information content (AvgIpc) is 2.80. The van der Waals surface area contributed by atoms with Gasteiger partial charge >= 0.3 is 5.63 Å². The molecule has 5 rings (SSSR count). The largest absolute Gasteiger partial charge is 0.489 e. The zero-order valence-electron chi connectivity index (χ0n) is 19.5. The third-order valence-corrected chi connectivity index (χ3v) is 6.90. The molecular formula is C27H28N2O5. The number of carbonyl (C=O) groups is 1. The van der Waals surface area contributed by atoms with Gasteiger partial charge in [0.15, 0.2) is 0 Å². The van der Waals surface area contributed by atoms with E-state index in [0.29, 0.717) is 43.1 Å². The van der Waals surface area contributed by atoms with Crippen LogP contribution in [0.25, 0.3) is 11.0 Å². The van der Waals surface area contributed by atoms with Gasteiger partial charge in [-0.2, -0.15) is 0 Å². The number of benzene rings is 1. The lowest BCUT2D eigenvalue weighted by Crippen LogP contribution is -2.49. The number of amides is 1. The van der Waals surface area contributed by atoms with Crippen LogP contribution in [-0.4, -0.2) is 35.1 Å². The van der Waals surface area contributed by atoms with Crippen molar-refractivity contribution in [1.82, 2.24) is 9.47 Å². The van der Waals surface area contributed by atoms with Gasteiger partial charge in [0.05, 0.1) is 12.0 Å². The second kappa shape index (κ2) is 8.63. The van der Waals surface area contributed by atoms with Crippen molar-refractivity contribution < 1.29 is 13.9 Å². The first kappa shape index (κ1) is 22.2. The minimum Gasteiger partial charge on any atom is -0.489 e. The number of hydrogen-bond acceptors (Lipinski definition) is 5. The van der Waals surface area contributed by atoms with Crippen LogP contribution in [0.5, 0.6) is 5.75 Å². The number of aryl methyl sites for hydroxylation is 1. The molecule has 0 N–H and O–H groups in total. The lowest BCUT2D eigenvalue weighted by molar-refractivity contribution is -0.133. The number of ether oxygens (including phenoxy) is 1. The predicted molar refractivity (Wildman–Crippen MR) is 129 cm³/mol. The van der Waals surface area contributed by atoms with Gasteiger partial charge in [0.25, 0.3) is 5.56 Å². The molecule has 0 aliphatic carbocycles. The average molecular weight is 461 g/mol. The Balaban J connectivity index is 1.37. The zero-order valence-corrected chi connectivity index (χ0v) is 19.5. The second-order valence-corrected chi connectivity index (χ2v) is 9.57. The Hall–Kier alpha value is -3.61. The van der Waals surface area contributed by atoms with Gasteiger partial charge in [0.2, 0.25) is 5.91 Å². The van der Waals surface area contributed by atoms with Gasteiger partial charge in [-0.15, -0.1) is 0 Å². The van der Waals surface area contributed by atoms with E-state index >= 15 is 0 Å². The minimum absolute atomic E-state index is 0.000940. The smallest absolute Gasteiger partial charge is 0.340 e. The summed E-state index contributed by atoms with van der Waals surface area (Å²) in [4.78, 5) is 40.2. The highest BCUT2D eigenvalue weighted by Crippen LogP contribution is 2.35. The van der Waals surface area contributed by atoms with Crippen molar-refractivity contribution >= 4 is 16.9 Å². The molecule has 1 fully saturated rings. The molecule has 2 aliphatic heterocycles. The van der Waals surface area contributed by atoms with Gasteiger partial charge in [-0.25, -0.2) is 4.79 Å². The van der Waals surface area contributed by atoms with Crippen molar-refractivity contribution in [3.63, 3.8) is 0 Å². The Kier molecular flexibility index (Phi) is 5.63. The van der Waals surface area contributed by atoms with Crippen molar-refractivity contribution in [2.24, 2.45) is 5.92 Å². The summed E-state index contributed by atoms with van der Waals surface area (Å²) in [5.74, 6) is 0.887. The van der Waals surface area contributed by atoms with Crippen LogP contribution in [0.15, 0.2) is 62.6 Å². The summed E-state index contributed by atoms with van der Waals surface area (Å²) in [7, 11) is 0. The van der Waals surface area contributed by atoms with Gasteiger partial charge in [0.1, 0.15) is 17.9 Å². The number of nitrogens with zero attached hydrogens (tertiary/aromatic N) is 2. The highest BCUT2D eigenvalue weighted by atomic mass is 16.5. The highest BCUT2D eigenvalue weighted by Gasteiger charge is 2.36. The molecule has 3 aromatic rings. The van der Waals surface area contributed by atoms with E-state index in [4.69, 9.17) is 9.15 Å². The number of pyridine rings is 1. The molecule has 7 nitrogen and oxygen atoms in total. The van der Waals surface area contributed by atoms with E-state index in [1.165, 1.54) is 0 Å². The van der Waals surface area contributed by atoms with E-state index in [1.54, 1.807) is 18.2 Å². The molecule has 1 amide bonds. The Morgan fingerprint density at radius 1 is 1.18 bits per heavy atom. The third-order valence-electron chi connectivity index (χ3n) is 6.90. The fourth-order valence-electron chi connectivity index (χ4n) is 5.24. The van der Waals surface area contributed by atoms with Crippen LogP contribution >= 0.6 is 0 Å². The lowest BCUT2D eigenvalue weighted by atomic mass is 9.83. The summed E-state index contributed by atoms with van der Waals surface area (Å²) in [6.45, 7) is 9.72. The van der Waals surface area contributed by atoms with Crippen LogP contribution in [0, 0.1) is 12.8 Å². The molecule has 176 valence electrons. The number of hydrogen-bond donors (Lipinski definition) is 0. The van der Waals surface area contributed by atoms with Gasteiger partial charge in [-0.05, 0) is 55.5 Å². The number of rotatable bonds is 5. The third kappa shape index (κ3) is 4.06. The fourth-order valence-corrected chi connectivity index (χ4v) is 5.24. The van der Waals surface area contributed by atoms with E-state index in [-0.39, 0.29) is 29.7 Å². The second-order valence-electron chi connectivity index (χ2n) is 9.57. The quantitative estimate of drug-likeness (QED) is 0.431. The summed E-state index contributed by atoms with van der Waals surface area (Å²) in [6, 6.07) is 10.7. The summed E-state index contributed by atoms with van der Waals surface area (Å²) >= 11 is 0. The standard InChI is InChI=1S/C27H28N2O5/c1-16(2)15-33-20-7-8-21-17(3)22(27(32)34-24(21)10-20)11-26(31)28-12-18-9-19(14-28)23-5-4-6-25(30)29(23)13-18/h4-8,10,18-19H,1,9,11-15H2,2-3H3/t18-,19-/m1/s1. The SMILES string of the molecule is C=C(C)COc1ccc2c(C)c(CC(=O)N3C[C@H]4C[C@H](C3)c3cccc(=O)n3C4)c(=O)oc2c1. The van der Waals surface area contributed by atoms with Crippen molar-refractivity contribution in [2.75, 3.05) is 19.7 Å². The molecule has 2 aliphatic rings. The van der Waals surface area contributed by atoms with E-state index in [1.807, 2.05) is 41.5 Å². The van der Waals surface area contributed by atoms with E-state index in [9.17, 15) is 14.4 Å². The van der Waals surface area contributed by atoms with Gasteiger partial charge < -0.3 is 18.6 Å².